The molecule has 1 N–H and O–H groups in total. The second-order valence-electron chi connectivity index (χ2n) is 3.01. The molecule has 0 saturated carbocycles. The molecule has 0 unspecified atom stereocenters. The van der Waals surface area contributed by atoms with E-state index in [-0.39, 0.29) is 6.42 Å². The SMILES string of the molecule is O=C(O)Cc1ccc(=S)n2c1N=CC2. The summed E-state index contributed by atoms with van der Waals surface area (Å²) in [6.45, 7) is 0.641. The number of carboxylic acids is 1. The molecule has 4 nitrogen and oxygen atoms in total. The molecule has 0 fully saturated rings. The summed E-state index contributed by atoms with van der Waals surface area (Å²) in [7, 11) is 0. The Morgan fingerprint density at radius 3 is 3.14 bits per heavy atom. The number of nitrogens with zero attached hydrogens (tertiary/aromatic N) is 2. The first-order valence-corrected chi connectivity index (χ1v) is 4.56. The van der Waals surface area contributed by atoms with Crippen LogP contribution in [0.15, 0.2) is 17.1 Å². The van der Waals surface area contributed by atoms with Crippen LogP contribution in [0.2, 0.25) is 0 Å². The molecule has 0 aromatic carbocycles. The van der Waals surface area contributed by atoms with Crippen LogP contribution in [-0.2, 0) is 17.8 Å². The zero-order valence-corrected chi connectivity index (χ0v) is 8.12. The Hall–Kier alpha value is -1.49. The molecule has 72 valence electrons. The van der Waals surface area contributed by atoms with E-state index in [1.54, 1.807) is 18.3 Å². The van der Waals surface area contributed by atoms with Crippen LogP contribution in [-0.4, -0.2) is 21.9 Å². The number of hydrogen-bond donors (Lipinski definition) is 1. The molecule has 0 amide bonds. The second-order valence-corrected chi connectivity index (χ2v) is 3.43. The summed E-state index contributed by atoms with van der Waals surface area (Å²) in [4.78, 5) is 14.7. The highest BCUT2D eigenvalue weighted by molar-refractivity contribution is 7.71. The first-order chi connectivity index (χ1) is 6.68. The standard InChI is InChI=1S/C9H8N2O2S/c12-8(13)5-6-1-2-7(14)11-4-3-10-9(6)11/h1-3H,4-5H2,(H,12,13). The Labute approximate surface area is 85.5 Å². The van der Waals surface area contributed by atoms with Crippen LogP contribution in [0.5, 0.6) is 0 Å². The van der Waals surface area contributed by atoms with E-state index in [0.29, 0.717) is 22.6 Å². The van der Waals surface area contributed by atoms with Crippen LogP contribution in [0.25, 0.3) is 0 Å². The highest BCUT2D eigenvalue weighted by Gasteiger charge is 2.12. The van der Waals surface area contributed by atoms with E-state index in [0.717, 1.165) is 0 Å². The van der Waals surface area contributed by atoms with E-state index < -0.39 is 5.97 Å². The number of fused-ring (bicyclic) bond motifs is 1. The van der Waals surface area contributed by atoms with Crippen molar-refractivity contribution in [3.63, 3.8) is 0 Å². The van der Waals surface area contributed by atoms with Gasteiger partial charge in [-0.05, 0) is 6.07 Å². The highest BCUT2D eigenvalue weighted by Crippen LogP contribution is 2.23. The molecule has 0 spiro atoms. The van der Waals surface area contributed by atoms with Crippen LogP contribution in [0, 0.1) is 4.64 Å². The van der Waals surface area contributed by atoms with Crippen LogP contribution in [0.1, 0.15) is 5.56 Å². The Kier molecular flexibility index (Phi) is 2.17. The number of pyridine rings is 1. The van der Waals surface area contributed by atoms with Gasteiger partial charge in [-0.25, -0.2) is 4.99 Å². The fraction of sp³-hybridized carbons (Fsp3) is 0.222. The zero-order chi connectivity index (χ0) is 10.1. The normalized spacial score (nSPS) is 12.9. The van der Waals surface area contributed by atoms with E-state index in [1.807, 2.05) is 4.57 Å². The first-order valence-electron chi connectivity index (χ1n) is 4.15. The molecular formula is C9H8N2O2S. The second kappa shape index (κ2) is 3.34. The third kappa shape index (κ3) is 1.46. The molecular weight excluding hydrogens is 200 g/mol. The minimum atomic E-state index is -0.855. The lowest BCUT2D eigenvalue weighted by Gasteiger charge is -2.06. The van der Waals surface area contributed by atoms with Gasteiger partial charge in [0.15, 0.2) is 0 Å². The van der Waals surface area contributed by atoms with Gasteiger partial charge in [0.2, 0.25) is 0 Å². The topological polar surface area (TPSA) is 54.6 Å². The lowest BCUT2D eigenvalue weighted by atomic mass is 10.2. The van der Waals surface area contributed by atoms with E-state index >= 15 is 0 Å². The Morgan fingerprint density at radius 2 is 2.43 bits per heavy atom. The molecule has 0 atom stereocenters. The molecule has 2 rings (SSSR count). The predicted molar refractivity (Wildman–Crippen MR) is 54.8 cm³/mol. The smallest absolute Gasteiger partial charge is 0.307 e. The number of carboxylic acid groups (broad SMARTS) is 1. The van der Waals surface area contributed by atoms with Gasteiger partial charge in [-0.2, -0.15) is 0 Å². The summed E-state index contributed by atoms with van der Waals surface area (Å²) < 4.78 is 2.51. The molecule has 14 heavy (non-hydrogen) atoms. The summed E-state index contributed by atoms with van der Waals surface area (Å²) in [5.41, 5.74) is 0.708. The van der Waals surface area contributed by atoms with Crippen molar-refractivity contribution in [1.29, 1.82) is 0 Å². The summed E-state index contributed by atoms with van der Waals surface area (Å²) in [5.74, 6) is -0.174. The minimum Gasteiger partial charge on any atom is -0.481 e. The number of carbonyl (C=O) groups is 1. The first kappa shape index (κ1) is 9.08. The fourth-order valence-corrected chi connectivity index (χ4v) is 1.68. The molecule has 5 heteroatoms. The Balaban J connectivity index is 2.53. The molecule has 1 aromatic heterocycles. The van der Waals surface area contributed by atoms with Gasteiger partial charge in [0, 0.05) is 11.8 Å². The Morgan fingerprint density at radius 1 is 1.64 bits per heavy atom. The molecule has 0 aliphatic carbocycles. The summed E-state index contributed by atoms with van der Waals surface area (Å²) >= 11 is 5.09. The van der Waals surface area contributed by atoms with E-state index in [1.165, 1.54) is 0 Å². The maximum absolute atomic E-state index is 10.6. The lowest BCUT2D eigenvalue weighted by Crippen LogP contribution is -2.04. The molecule has 1 aliphatic heterocycles. The molecule has 0 bridgehead atoms. The van der Waals surface area contributed by atoms with E-state index in [9.17, 15) is 4.79 Å². The summed E-state index contributed by atoms with van der Waals surface area (Å²) in [6.07, 6.45) is 1.72. The zero-order valence-electron chi connectivity index (χ0n) is 7.30. The predicted octanol–water partition coefficient (Wildman–Crippen LogP) is 1.56. The van der Waals surface area contributed by atoms with Crippen molar-refractivity contribution < 1.29 is 9.90 Å². The molecule has 1 aliphatic rings. The third-order valence-electron chi connectivity index (χ3n) is 2.06. The number of aliphatic imine (C=N–C) groups is 1. The highest BCUT2D eigenvalue weighted by atomic mass is 32.1. The van der Waals surface area contributed by atoms with Crippen molar-refractivity contribution in [1.82, 2.24) is 4.57 Å². The van der Waals surface area contributed by atoms with Crippen LogP contribution < -0.4 is 0 Å². The molecule has 0 saturated heterocycles. The van der Waals surface area contributed by atoms with Crippen LogP contribution >= 0.6 is 12.2 Å². The van der Waals surface area contributed by atoms with Crippen molar-refractivity contribution in [3.8, 4) is 0 Å². The van der Waals surface area contributed by atoms with Gasteiger partial charge in [-0.1, -0.05) is 18.3 Å². The maximum Gasteiger partial charge on any atom is 0.307 e. The summed E-state index contributed by atoms with van der Waals surface area (Å²) in [5, 5.41) is 8.68. The van der Waals surface area contributed by atoms with Gasteiger partial charge >= 0.3 is 5.97 Å². The number of rotatable bonds is 2. The monoisotopic (exact) mass is 208 g/mol. The molecule has 2 heterocycles. The lowest BCUT2D eigenvalue weighted by molar-refractivity contribution is -0.136. The van der Waals surface area contributed by atoms with Gasteiger partial charge in [-0.3, -0.25) is 4.79 Å². The number of hydrogen-bond acceptors (Lipinski definition) is 3. The summed E-state index contributed by atoms with van der Waals surface area (Å²) in [6, 6.07) is 3.47. The third-order valence-corrected chi connectivity index (χ3v) is 2.41. The van der Waals surface area contributed by atoms with Crippen LogP contribution in [0.4, 0.5) is 5.82 Å². The van der Waals surface area contributed by atoms with Gasteiger partial charge < -0.3 is 9.67 Å². The Bertz CT molecular complexity index is 476. The van der Waals surface area contributed by atoms with E-state index in [2.05, 4.69) is 4.99 Å². The minimum absolute atomic E-state index is 0.0116. The largest absolute Gasteiger partial charge is 0.481 e. The van der Waals surface area contributed by atoms with Gasteiger partial charge in [-0.15, -0.1) is 0 Å². The van der Waals surface area contributed by atoms with Crippen molar-refractivity contribution in [2.45, 2.75) is 13.0 Å². The van der Waals surface area contributed by atoms with Gasteiger partial charge in [0.25, 0.3) is 0 Å². The van der Waals surface area contributed by atoms with E-state index in [4.69, 9.17) is 17.3 Å². The maximum atomic E-state index is 10.6. The van der Waals surface area contributed by atoms with Gasteiger partial charge in [0.05, 0.1) is 13.0 Å². The number of aliphatic carboxylic acids is 1. The van der Waals surface area contributed by atoms with Crippen LogP contribution in [0.3, 0.4) is 0 Å². The van der Waals surface area contributed by atoms with Gasteiger partial charge in [0.1, 0.15) is 10.5 Å². The van der Waals surface area contributed by atoms with Crippen molar-refractivity contribution >= 4 is 30.2 Å². The quantitative estimate of drug-likeness (QED) is 0.750. The van der Waals surface area contributed by atoms with Crippen molar-refractivity contribution in [3.05, 3.63) is 22.3 Å². The average Bonchev–Trinajstić information content (AvgIpc) is 2.58. The van der Waals surface area contributed by atoms with Crippen molar-refractivity contribution in [2.75, 3.05) is 0 Å². The number of aromatic nitrogens is 1. The van der Waals surface area contributed by atoms with Crippen molar-refractivity contribution in [2.24, 2.45) is 4.99 Å². The fourth-order valence-electron chi connectivity index (χ4n) is 1.45. The molecule has 1 aromatic rings. The molecule has 0 radical (unpaired) electrons. The average molecular weight is 208 g/mol.